The molecule has 1 aliphatic heterocycles. The van der Waals surface area contributed by atoms with Crippen LogP contribution in [0.5, 0.6) is 0 Å². The number of carboxylic acids is 1. The molecule has 2 heterocycles. The Labute approximate surface area is 111 Å². The van der Waals surface area contributed by atoms with Crippen molar-refractivity contribution in [2.75, 3.05) is 13.1 Å². The molecule has 6 nitrogen and oxygen atoms in total. The summed E-state index contributed by atoms with van der Waals surface area (Å²) in [6.07, 6.45) is 5.30. The first kappa shape index (κ1) is 13.3. The topological polar surface area (TPSA) is 75.4 Å². The summed E-state index contributed by atoms with van der Waals surface area (Å²) in [5.41, 5.74) is 0.00397. The van der Waals surface area contributed by atoms with Crippen LogP contribution in [0.4, 0.5) is 0 Å². The summed E-state index contributed by atoms with van der Waals surface area (Å²) in [6.45, 7) is 2.42. The van der Waals surface area contributed by atoms with E-state index in [1.54, 1.807) is 41.9 Å². The monoisotopic (exact) mass is 263 g/mol. The van der Waals surface area contributed by atoms with E-state index >= 15 is 0 Å². The van der Waals surface area contributed by atoms with Gasteiger partial charge in [0.2, 0.25) is 5.91 Å². The van der Waals surface area contributed by atoms with E-state index in [1.807, 2.05) is 0 Å². The minimum absolute atomic E-state index is 0.161. The fourth-order valence-electron chi connectivity index (χ4n) is 2.13. The third-order valence-corrected chi connectivity index (χ3v) is 3.56. The van der Waals surface area contributed by atoms with Crippen molar-refractivity contribution in [1.82, 2.24) is 14.7 Å². The lowest BCUT2D eigenvalue weighted by Gasteiger charge is -2.18. The van der Waals surface area contributed by atoms with Gasteiger partial charge in [-0.1, -0.05) is 0 Å². The second-order valence-electron chi connectivity index (χ2n) is 5.09. The second kappa shape index (κ2) is 4.87. The van der Waals surface area contributed by atoms with Gasteiger partial charge in [-0.15, -0.1) is 0 Å². The van der Waals surface area contributed by atoms with Gasteiger partial charge in [0, 0.05) is 32.4 Å². The number of carboxylic acid groups (broad SMARTS) is 1. The molecule has 1 aromatic heterocycles. The zero-order chi connectivity index (χ0) is 14.0. The minimum atomic E-state index is -0.849. The molecule has 1 aromatic rings. The van der Waals surface area contributed by atoms with E-state index in [9.17, 15) is 9.59 Å². The van der Waals surface area contributed by atoms with Crippen molar-refractivity contribution in [1.29, 1.82) is 0 Å². The van der Waals surface area contributed by atoms with Crippen molar-refractivity contribution >= 4 is 18.0 Å². The zero-order valence-corrected chi connectivity index (χ0v) is 11.0. The maximum atomic E-state index is 12.0. The summed E-state index contributed by atoms with van der Waals surface area (Å²) in [5, 5.41) is 13.1. The Bertz CT molecular complexity index is 535. The van der Waals surface area contributed by atoms with Crippen LogP contribution in [0, 0.1) is 5.41 Å². The highest BCUT2D eigenvalue weighted by atomic mass is 16.4. The molecule has 1 unspecified atom stereocenters. The predicted octanol–water partition coefficient (Wildman–Crippen LogP) is 0.756. The lowest BCUT2D eigenvalue weighted by atomic mass is 9.90. The number of rotatable bonds is 3. The van der Waals surface area contributed by atoms with Gasteiger partial charge in [0.05, 0.1) is 11.1 Å². The maximum absolute atomic E-state index is 12.0. The number of hydrogen-bond donors (Lipinski definition) is 1. The van der Waals surface area contributed by atoms with Crippen LogP contribution in [0.3, 0.4) is 0 Å². The largest absolute Gasteiger partial charge is 0.481 e. The van der Waals surface area contributed by atoms with Gasteiger partial charge >= 0.3 is 5.97 Å². The molecule has 0 radical (unpaired) electrons. The zero-order valence-electron chi connectivity index (χ0n) is 11.0. The number of amides is 1. The first-order chi connectivity index (χ1) is 8.92. The molecule has 6 heteroatoms. The SMILES string of the molecule is Cn1nccc1C=CC(=O)N1CCC(C)(C(=O)O)C1. The van der Waals surface area contributed by atoms with Crippen molar-refractivity contribution in [3.63, 3.8) is 0 Å². The molecule has 1 fully saturated rings. The Morgan fingerprint density at radius 3 is 2.79 bits per heavy atom. The fourth-order valence-corrected chi connectivity index (χ4v) is 2.13. The molecule has 2 rings (SSSR count). The van der Waals surface area contributed by atoms with Crippen LogP contribution in [-0.4, -0.2) is 44.8 Å². The second-order valence-corrected chi connectivity index (χ2v) is 5.09. The summed E-state index contributed by atoms with van der Waals surface area (Å²) in [6, 6.07) is 1.80. The number of hydrogen-bond acceptors (Lipinski definition) is 3. The van der Waals surface area contributed by atoms with Crippen LogP contribution in [-0.2, 0) is 16.6 Å². The summed E-state index contributed by atoms with van der Waals surface area (Å²) >= 11 is 0. The van der Waals surface area contributed by atoms with Crippen molar-refractivity contribution in [3.8, 4) is 0 Å². The van der Waals surface area contributed by atoms with E-state index in [0.717, 1.165) is 5.69 Å². The number of aryl methyl sites for hydroxylation is 1. The number of nitrogens with zero attached hydrogens (tertiary/aromatic N) is 3. The number of carbonyl (C=O) groups is 2. The number of aromatic nitrogens is 2. The van der Waals surface area contributed by atoms with Crippen LogP contribution in [0.15, 0.2) is 18.3 Å². The molecule has 1 atom stereocenters. The van der Waals surface area contributed by atoms with Gasteiger partial charge in [-0.05, 0) is 25.5 Å². The van der Waals surface area contributed by atoms with Crippen molar-refractivity contribution in [2.24, 2.45) is 12.5 Å². The van der Waals surface area contributed by atoms with Gasteiger partial charge in [0.15, 0.2) is 0 Å². The van der Waals surface area contributed by atoms with Crippen LogP contribution >= 0.6 is 0 Å². The molecular weight excluding hydrogens is 246 g/mol. The molecule has 1 N–H and O–H groups in total. The van der Waals surface area contributed by atoms with E-state index in [4.69, 9.17) is 5.11 Å². The van der Waals surface area contributed by atoms with E-state index in [2.05, 4.69) is 5.10 Å². The lowest BCUT2D eigenvalue weighted by Crippen LogP contribution is -2.34. The van der Waals surface area contributed by atoms with Gasteiger partial charge < -0.3 is 10.0 Å². The van der Waals surface area contributed by atoms with E-state index in [1.165, 1.54) is 6.08 Å². The van der Waals surface area contributed by atoms with E-state index in [-0.39, 0.29) is 12.5 Å². The molecule has 102 valence electrons. The molecule has 0 saturated carbocycles. The third kappa shape index (κ3) is 2.67. The van der Waals surface area contributed by atoms with Gasteiger partial charge in [-0.2, -0.15) is 5.10 Å². The molecule has 1 aliphatic rings. The Morgan fingerprint density at radius 2 is 2.26 bits per heavy atom. The molecule has 0 spiro atoms. The Balaban J connectivity index is 2.01. The first-order valence-electron chi connectivity index (χ1n) is 6.11. The van der Waals surface area contributed by atoms with Gasteiger partial charge in [-0.25, -0.2) is 0 Å². The lowest BCUT2D eigenvalue weighted by molar-refractivity contribution is -0.147. The summed E-state index contributed by atoms with van der Waals surface area (Å²) in [5.74, 6) is -1.01. The minimum Gasteiger partial charge on any atom is -0.481 e. The van der Waals surface area contributed by atoms with E-state index < -0.39 is 11.4 Å². The normalized spacial score (nSPS) is 23.2. The fraction of sp³-hybridized carbons (Fsp3) is 0.462. The summed E-state index contributed by atoms with van der Waals surface area (Å²) in [4.78, 5) is 24.7. The highest BCUT2D eigenvalue weighted by Crippen LogP contribution is 2.30. The van der Waals surface area contributed by atoms with Crippen LogP contribution < -0.4 is 0 Å². The highest BCUT2D eigenvalue weighted by Gasteiger charge is 2.41. The Kier molecular flexibility index (Phi) is 3.42. The van der Waals surface area contributed by atoms with Gasteiger partial charge in [-0.3, -0.25) is 14.3 Å². The average Bonchev–Trinajstić information content (AvgIpc) is 2.94. The van der Waals surface area contributed by atoms with Gasteiger partial charge in [0.1, 0.15) is 0 Å². The Morgan fingerprint density at radius 1 is 1.53 bits per heavy atom. The van der Waals surface area contributed by atoms with Gasteiger partial charge in [0.25, 0.3) is 0 Å². The molecular formula is C13H17N3O3. The number of aliphatic carboxylic acids is 1. The predicted molar refractivity (Wildman–Crippen MR) is 69.2 cm³/mol. The standard InChI is InChI=1S/C13H17N3O3/c1-13(12(18)19)6-8-16(9-13)11(17)4-3-10-5-7-14-15(10)2/h3-5,7H,6,8-9H2,1-2H3,(H,18,19). The van der Waals surface area contributed by atoms with Crippen molar-refractivity contribution in [2.45, 2.75) is 13.3 Å². The average molecular weight is 263 g/mol. The molecule has 0 bridgehead atoms. The molecule has 1 saturated heterocycles. The third-order valence-electron chi connectivity index (χ3n) is 3.56. The van der Waals surface area contributed by atoms with Crippen LogP contribution in [0.1, 0.15) is 19.0 Å². The first-order valence-corrected chi connectivity index (χ1v) is 6.11. The maximum Gasteiger partial charge on any atom is 0.311 e. The van der Waals surface area contributed by atoms with E-state index in [0.29, 0.717) is 13.0 Å². The molecule has 19 heavy (non-hydrogen) atoms. The quantitative estimate of drug-likeness (QED) is 0.817. The summed E-state index contributed by atoms with van der Waals surface area (Å²) < 4.78 is 1.66. The molecule has 0 aliphatic carbocycles. The summed E-state index contributed by atoms with van der Waals surface area (Å²) in [7, 11) is 1.79. The smallest absolute Gasteiger partial charge is 0.311 e. The number of carbonyl (C=O) groups excluding carboxylic acids is 1. The van der Waals surface area contributed by atoms with Crippen LogP contribution in [0.25, 0.3) is 6.08 Å². The van der Waals surface area contributed by atoms with Crippen molar-refractivity contribution < 1.29 is 14.7 Å². The molecule has 1 amide bonds. The molecule has 0 aromatic carbocycles. The van der Waals surface area contributed by atoms with Crippen molar-refractivity contribution in [3.05, 3.63) is 24.0 Å². The van der Waals surface area contributed by atoms with Crippen LogP contribution in [0.2, 0.25) is 0 Å². The Hall–Kier alpha value is -2.11. The highest BCUT2D eigenvalue weighted by molar-refractivity contribution is 5.92. The number of likely N-dealkylation sites (tertiary alicyclic amines) is 1.